The normalized spacial score (nSPS) is 17.4. The molecule has 0 spiro atoms. The van der Waals surface area contributed by atoms with Gasteiger partial charge < -0.3 is 19.3 Å². The maximum Gasteiger partial charge on any atom is 0.141 e. The van der Waals surface area contributed by atoms with Crippen molar-refractivity contribution in [2.75, 3.05) is 14.2 Å². The molecular weight excluding hydrogens is 244 g/mol. The fraction of sp³-hybridized carbons (Fsp3) is 0.467. The molecule has 1 N–H and O–H groups in total. The number of ether oxygens (including phenoxy) is 3. The molecule has 4 heteroatoms. The summed E-state index contributed by atoms with van der Waals surface area (Å²) in [5.41, 5.74) is 1.06. The zero-order valence-electron chi connectivity index (χ0n) is 12.0. The molecular formula is C15H20O4. The van der Waals surface area contributed by atoms with Crippen LogP contribution in [0.1, 0.15) is 38.0 Å². The Hall–Kier alpha value is -1.68. The lowest BCUT2D eigenvalue weighted by atomic mass is 9.96. The quantitative estimate of drug-likeness (QED) is 0.911. The molecule has 1 atom stereocenters. The van der Waals surface area contributed by atoms with Gasteiger partial charge in [-0.15, -0.1) is 0 Å². The van der Waals surface area contributed by atoms with Crippen molar-refractivity contribution >= 4 is 6.08 Å². The Morgan fingerprint density at radius 1 is 1.21 bits per heavy atom. The molecule has 1 aliphatic rings. The van der Waals surface area contributed by atoms with Crippen molar-refractivity contribution < 1.29 is 19.3 Å². The second-order valence-corrected chi connectivity index (χ2v) is 5.15. The molecule has 0 unspecified atom stereocenters. The van der Waals surface area contributed by atoms with E-state index in [9.17, 15) is 5.11 Å². The molecule has 2 rings (SSSR count). The van der Waals surface area contributed by atoms with Gasteiger partial charge in [0, 0.05) is 6.07 Å². The first-order valence-corrected chi connectivity index (χ1v) is 6.25. The van der Waals surface area contributed by atoms with Gasteiger partial charge in [0.15, 0.2) is 0 Å². The highest BCUT2D eigenvalue weighted by Crippen LogP contribution is 2.46. The molecule has 104 valence electrons. The van der Waals surface area contributed by atoms with Crippen molar-refractivity contribution in [3.63, 3.8) is 0 Å². The standard InChI is InChI=1S/C15H20O4/c1-9(16)13-12(18-5)8-11(17-4)10-6-7-15(2,3)19-14(10)13/h6-9,16H,1-5H3/t9-/m1/s1. The minimum atomic E-state index is -0.683. The predicted molar refractivity (Wildman–Crippen MR) is 73.9 cm³/mol. The third-order valence-corrected chi connectivity index (χ3v) is 3.16. The molecule has 0 amide bonds. The van der Waals surface area contributed by atoms with Crippen molar-refractivity contribution in [2.24, 2.45) is 0 Å². The maximum atomic E-state index is 10.0. The van der Waals surface area contributed by atoms with E-state index in [0.29, 0.717) is 22.8 Å². The minimum absolute atomic E-state index is 0.423. The van der Waals surface area contributed by atoms with Crippen molar-refractivity contribution in [1.82, 2.24) is 0 Å². The van der Waals surface area contributed by atoms with Crippen molar-refractivity contribution in [2.45, 2.75) is 32.5 Å². The van der Waals surface area contributed by atoms with Gasteiger partial charge in [-0.25, -0.2) is 0 Å². The van der Waals surface area contributed by atoms with Crippen LogP contribution in [0.4, 0.5) is 0 Å². The summed E-state index contributed by atoms with van der Waals surface area (Å²) in [7, 11) is 3.17. The number of hydrogen-bond acceptors (Lipinski definition) is 4. The van der Waals surface area contributed by atoms with Crippen LogP contribution >= 0.6 is 0 Å². The average molecular weight is 264 g/mol. The lowest BCUT2D eigenvalue weighted by Gasteiger charge is -2.31. The third-order valence-electron chi connectivity index (χ3n) is 3.16. The zero-order valence-corrected chi connectivity index (χ0v) is 12.0. The second kappa shape index (κ2) is 4.78. The van der Waals surface area contributed by atoms with Crippen LogP contribution in [0.5, 0.6) is 17.2 Å². The number of fused-ring (bicyclic) bond motifs is 1. The molecule has 0 radical (unpaired) electrons. The highest BCUT2D eigenvalue weighted by atomic mass is 16.5. The Labute approximate surface area is 113 Å². The van der Waals surface area contributed by atoms with E-state index in [4.69, 9.17) is 14.2 Å². The summed E-state index contributed by atoms with van der Waals surface area (Å²) in [4.78, 5) is 0. The summed E-state index contributed by atoms with van der Waals surface area (Å²) in [5, 5.41) is 10.0. The van der Waals surface area contributed by atoms with E-state index >= 15 is 0 Å². The third kappa shape index (κ3) is 2.40. The van der Waals surface area contributed by atoms with Crippen molar-refractivity contribution in [3.8, 4) is 17.2 Å². The average Bonchev–Trinajstić information content (AvgIpc) is 2.34. The fourth-order valence-electron chi connectivity index (χ4n) is 2.23. The highest BCUT2D eigenvalue weighted by molar-refractivity contribution is 5.72. The summed E-state index contributed by atoms with van der Waals surface area (Å²) >= 11 is 0. The van der Waals surface area contributed by atoms with Crippen LogP contribution in [-0.2, 0) is 0 Å². The van der Waals surface area contributed by atoms with Crippen LogP contribution in [-0.4, -0.2) is 24.9 Å². The fourth-order valence-corrected chi connectivity index (χ4v) is 2.23. The van der Waals surface area contributed by atoms with Gasteiger partial charge in [-0.05, 0) is 32.9 Å². The molecule has 0 bridgehead atoms. The first kappa shape index (κ1) is 13.7. The Balaban J connectivity index is 2.72. The van der Waals surface area contributed by atoms with Gasteiger partial charge in [0.05, 0.1) is 31.5 Å². The Kier molecular flexibility index (Phi) is 3.45. The number of benzene rings is 1. The van der Waals surface area contributed by atoms with Crippen molar-refractivity contribution in [1.29, 1.82) is 0 Å². The molecule has 1 heterocycles. The van der Waals surface area contributed by atoms with Gasteiger partial charge >= 0.3 is 0 Å². The molecule has 4 nitrogen and oxygen atoms in total. The monoisotopic (exact) mass is 264 g/mol. The minimum Gasteiger partial charge on any atom is -0.496 e. The largest absolute Gasteiger partial charge is 0.496 e. The molecule has 0 aliphatic carbocycles. The van der Waals surface area contributed by atoms with E-state index in [1.54, 1.807) is 27.2 Å². The van der Waals surface area contributed by atoms with E-state index in [-0.39, 0.29) is 0 Å². The van der Waals surface area contributed by atoms with Crippen LogP contribution in [0.15, 0.2) is 12.1 Å². The van der Waals surface area contributed by atoms with E-state index < -0.39 is 11.7 Å². The van der Waals surface area contributed by atoms with E-state index in [1.807, 2.05) is 26.0 Å². The summed E-state index contributed by atoms with van der Waals surface area (Å²) in [5.74, 6) is 1.86. The Morgan fingerprint density at radius 2 is 1.84 bits per heavy atom. The molecule has 0 saturated heterocycles. The van der Waals surface area contributed by atoms with Gasteiger partial charge in [0.1, 0.15) is 22.8 Å². The highest BCUT2D eigenvalue weighted by Gasteiger charge is 2.30. The number of hydrogen-bond donors (Lipinski definition) is 1. The van der Waals surface area contributed by atoms with Crippen LogP contribution in [0, 0.1) is 0 Å². The van der Waals surface area contributed by atoms with E-state index in [2.05, 4.69) is 0 Å². The molecule has 19 heavy (non-hydrogen) atoms. The predicted octanol–water partition coefficient (Wildman–Crippen LogP) is 2.94. The SMILES string of the molecule is COc1cc(OC)c([C@@H](C)O)c2c1C=CC(C)(C)O2. The van der Waals surface area contributed by atoms with Crippen LogP contribution in [0.3, 0.4) is 0 Å². The first-order valence-electron chi connectivity index (χ1n) is 6.25. The molecule has 1 aromatic rings. The summed E-state index contributed by atoms with van der Waals surface area (Å²) in [6.45, 7) is 5.62. The summed E-state index contributed by atoms with van der Waals surface area (Å²) in [6.07, 6.45) is 3.25. The molecule has 1 aromatic carbocycles. The Bertz CT molecular complexity index is 515. The number of methoxy groups -OCH3 is 2. The van der Waals surface area contributed by atoms with Crippen LogP contribution < -0.4 is 14.2 Å². The topological polar surface area (TPSA) is 47.9 Å². The molecule has 1 aliphatic heterocycles. The Morgan fingerprint density at radius 3 is 2.37 bits per heavy atom. The lowest BCUT2D eigenvalue weighted by molar-refractivity contribution is 0.140. The van der Waals surface area contributed by atoms with Gasteiger partial charge in [-0.1, -0.05) is 0 Å². The van der Waals surface area contributed by atoms with Crippen LogP contribution in [0.25, 0.3) is 6.08 Å². The number of aliphatic hydroxyl groups is 1. The smallest absolute Gasteiger partial charge is 0.141 e. The van der Waals surface area contributed by atoms with Gasteiger partial charge in [-0.2, -0.15) is 0 Å². The van der Waals surface area contributed by atoms with Crippen LogP contribution in [0.2, 0.25) is 0 Å². The number of rotatable bonds is 3. The molecule has 0 aromatic heterocycles. The summed E-state index contributed by atoms with van der Waals surface area (Å²) in [6, 6.07) is 1.77. The second-order valence-electron chi connectivity index (χ2n) is 5.15. The van der Waals surface area contributed by atoms with E-state index in [0.717, 1.165) is 5.56 Å². The summed E-state index contributed by atoms with van der Waals surface area (Å²) < 4.78 is 16.7. The van der Waals surface area contributed by atoms with Gasteiger partial charge in [0.2, 0.25) is 0 Å². The van der Waals surface area contributed by atoms with Gasteiger partial charge in [0.25, 0.3) is 0 Å². The molecule has 0 fully saturated rings. The number of aliphatic hydroxyl groups excluding tert-OH is 1. The maximum absolute atomic E-state index is 10.0. The van der Waals surface area contributed by atoms with E-state index in [1.165, 1.54) is 0 Å². The lowest BCUT2D eigenvalue weighted by Crippen LogP contribution is -2.28. The first-order chi connectivity index (χ1) is 8.89. The van der Waals surface area contributed by atoms with Gasteiger partial charge in [-0.3, -0.25) is 0 Å². The van der Waals surface area contributed by atoms with Crippen molar-refractivity contribution in [3.05, 3.63) is 23.3 Å². The zero-order chi connectivity index (χ0) is 14.2. The molecule has 0 saturated carbocycles.